The summed E-state index contributed by atoms with van der Waals surface area (Å²) in [6, 6.07) is 5.25. The molecule has 1 aromatic rings. The van der Waals surface area contributed by atoms with Crippen molar-refractivity contribution in [1.29, 1.82) is 0 Å². The Bertz CT molecular complexity index is 520. The maximum Gasteiger partial charge on any atom is 0.214 e. The van der Waals surface area contributed by atoms with Crippen LogP contribution in [0.4, 0.5) is 0 Å². The molecule has 1 N–H and O–H groups in total. The smallest absolute Gasteiger partial charge is 0.214 e. The second-order valence-electron chi connectivity index (χ2n) is 4.94. The van der Waals surface area contributed by atoms with Gasteiger partial charge in [0.25, 0.3) is 0 Å². The second kappa shape index (κ2) is 6.62. The topological polar surface area (TPSA) is 79.7 Å². The van der Waals surface area contributed by atoms with Crippen LogP contribution in [0.15, 0.2) is 24.4 Å². The summed E-state index contributed by atoms with van der Waals surface area (Å²) < 4.78 is 31.6. The molecule has 112 valence electrons. The van der Waals surface area contributed by atoms with E-state index in [0.29, 0.717) is 13.0 Å². The molecular formula is C13H20N2O4S. The number of hydrogen-bond donors (Lipinski definition) is 1. The van der Waals surface area contributed by atoms with Crippen LogP contribution in [0.5, 0.6) is 0 Å². The fraction of sp³-hybridized carbons (Fsp3) is 0.615. The monoisotopic (exact) mass is 300 g/mol. The molecule has 1 aliphatic heterocycles. The molecule has 0 saturated carbocycles. The van der Waals surface area contributed by atoms with Gasteiger partial charge in [0.15, 0.2) is 0 Å². The highest BCUT2D eigenvalue weighted by Gasteiger charge is 2.33. The van der Waals surface area contributed by atoms with Gasteiger partial charge in [0.2, 0.25) is 10.0 Å². The molecule has 1 fully saturated rings. The lowest BCUT2D eigenvalue weighted by molar-refractivity contribution is -0.0516. The van der Waals surface area contributed by atoms with Crippen LogP contribution in [0.1, 0.15) is 12.6 Å². The lowest BCUT2D eigenvalue weighted by atomic mass is 10.2. The van der Waals surface area contributed by atoms with Crippen molar-refractivity contribution in [3.63, 3.8) is 0 Å². The Labute approximate surface area is 119 Å². The number of nitrogens with zero attached hydrogens (tertiary/aromatic N) is 2. The summed E-state index contributed by atoms with van der Waals surface area (Å²) in [5.41, 5.74) is 0.760. The molecule has 2 atom stereocenters. The minimum Gasteiger partial charge on any atom is -0.394 e. The van der Waals surface area contributed by atoms with Crippen LogP contribution in [0, 0.1) is 0 Å². The standard InChI is InChI=1S/C13H20N2O4S/c1-11-10-19-13(9-16)8-15(11)20(17,18)7-5-12-4-2-3-6-14-12/h2-4,6,11,13,16H,5,7-10H2,1H3. The minimum atomic E-state index is -3.37. The minimum absolute atomic E-state index is 0.0203. The number of aliphatic hydroxyl groups is 1. The number of sulfonamides is 1. The Morgan fingerprint density at radius 2 is 2.30 bits per heavy atom. The highest BCUT2D eigenvalue weighted by molar-refractivity contribution is 7.89. The normalized spacial score (nSPS) is 24.7. The maximum absolute atomic E-state index is 12.4. The summed E-state index contributed by atoms with van der Waals surface area (Å²) in [5.74, 6) is 0.0203. The predicted molar refractivity (Wildman–Crippen MR) is 74.7 cm³/mol. The zero-order valence-corrected chi connectivity index (χ0v) is 12.3. The first-order valence-electron chi connectivity index (χ1n) is 6.65. The first-order chi connectivity index (χ1) is 9.53. The molecule has 0 spiro atoms. The van der Waals surface area contributed by atoms with E-state index in [9.17, 15) is 8.42 Å². The van der Waals surface area contributed by atoms with Gasteiger partial charge in [-0.25, -0.2) is 8.42 Å². The fourth-order valence-corrected chi connectivity index (χ4v) is 3.89. The summed E-state index contributed by atoms with van der Waals surface area (Å²) >= 11 is 0. The molecule has 2 unspecified atom stereocenters. The highest BCUT2D eigenvalue weighted by Crippen LogP contribution is 2.17. The predicted octanol–water partition coefficient (Wildman–Crippen LogP) is 0.0355. The Kier molecular flexibility index (Phi) is 5.09. The van der Waals surface area contributed by atoms with E-state index in [4.69, 9.17) is 9.84 Å². The quantitative estimate of drug-likeness (QED) is 0.830. The van der Waals surface area contributed by atoms with Gasteiger partial charge in [0, 0.05) is 30.9 Å². The van der Waals surface area contributed by atoms with Gasteiger partial charge in [-0.1, -0.05) is 6.07 Å². The van der Waals surface area contributed by atoms with E-state index in [-0.39, 0.29) is 24.9 Å². The molecule has 1 aliphatic rings. The van der Waals surface area contributed by atoms with Crippen molar-refractivity contribution in [3.05, 3.63) is 30.1 Å². The van der Waals surface area contributed by atoms with Crippen LogP contribution in [0.25, 0.3) is 0 Å². The lowest BCUT2D eigenvalue weighted by Gasteiger charge is -2.36. The molecule has 0 bridgehead atoms. The molecule has 2 heterocycles. The van der Waals surface area contributed by atoms with E-state index in [1.165, 1.54) is 4.31 Å². The molecule has 20 heavy (non-hydrogen) atoms. The summed E-state index contributed by atoms with van der Waals surface area (Å²) in [7, 11) is -3.37. The van der Waals surface area contributed by atoms with Gasteiger partial charge >= 0.3 is 0 Å². The van der Waals surface area contributed by atoms with Gasteiger partial charge in [0.05, 0.1) is 25.1 Å². The van der Waals surface area contributed by atoms with Crippen molar-refractivity contribution in [3.8, 4) is 0 Å². The van der Waals surface area contributed by atoms with Gasteiger partial charge in [-0.2, -0.15) is 4.31 Å². The SMILES string of the molecule is CC1COC(CO)CN1S(=O)(=O)CCc1ccccn1. The molecule has 1 aromatic heterocycles. The van der Waals surface area contributed by atoms with E-state index in [0.717, 1.165) is 5.69 Å². The van der Waals surface area contributed by atoms with Crippen LogP contribution >= 0.6 is 0 Å². The highest BCUT2D eigenvalue weighted by atomic mass is 32.2. The Balaban J connectivity index is 2.01. The van der Waals surface area contributed by atoms with E-state index < -0.39 is 16.1 Å². The number of pyridine rings is 1. The van der Waals surface area contributed by atoms with Gasteiger partial charge in [-0.15, -0.1) is 0 Å². The number of morpholine rings is 1. The largest absolute Gasteiger partial charge is 0.394 e. The fourth-order valence-electron chi connectivity index (χ4n) is 2.19. The summed E-state index contributed by atoms with van der Waals surface area (Å²) in [5, 5.41) is 9.11. The molecule has 0 amide bonds. The average molecular weight is 300 g/mol. The van der Waals surface area contributed by atoms with Crippen LogP contribution < -0.4 is 0 Å². The van der Waals surface area contributed by atoms with Gasteiger partial charge < -0.3 is 9.84 Å². The Morgan fingerprint density at radius 3 is 2.95 bits per heavy atom. The number of ether oxygens (including phenoxy) is 1. The Hall–Kier alpha value is -1.02. The van der Waals surface area contributed by atoms with Crippen LogP contribution in [-0.2, 0) is 21.2 Å². The van der Waals surface area contributed by atoms with E-state index >= 15 is 0 Å². The summed E-state index contributed by atoms with van der Waals surface area (Å²) in [6.45, 7) is 2.17. The number of aliphatic hydroxyl groups excluding tert-OH is 1. The van der Waals surface area contributed by atoms with Gasteiger partial charge in [-0.05, 0) is 19.1 Å². The van der Waals surface area contributed by atoms with Crippen molar-refractivity contribution in [2.75, 3.05) is 25.5 Å². The zero-order valence-electron chi connectivity index (χ0n) is 11.5. The van der Waals surface area contributed by atoms with Crippen molar-refractivity contribution in [2.24, 2.45) is 0 Å². The molecule has 6 nitrogen and oxygen atoms in total. The summed E-state index contributed by atoms with van der Waals surface area (Å²) in [6.07, 6.45) is 1.61. The second-order valence-corrected chi connectivity index (χ2v) is 6.98. The third-order valence-electron chi connectivity index (χ3n) is 3.35. The third-order valence-corrected chi connectivity index (χ3v) is 5.30. The maximum atomic E-state index is 12.4. The molecule has 0 aromatic carbocycles. The lowest BCUT2D eigenvalue weighted by Crippen LogP contribution is -2.52. The molecule has 2 rings (SSSR count). The molecule has 0 radical (unpaired) electrons. The molecule has 7 heteroatoms. The number of rotatable bonds is 5. The number of aromatic nitrogens is 1. The molecular weight excluding hydrogens is 280 g/mol. The Morgan fingerprint density at radius 1 is 1.50 bits per heavy atom. The average Bonchev–Trinajstić information content (AvgIpc) is 2.47. The first-order valence-corrected chi connectivity index (χ1v) is 8.25. The van der Waals surface area contributed by atoms with E-state index in [2.05, 4.69) is 4.98 Å². The summed E-state index contributed by atoms with van der Waals surface area (Å²) in [4.78, 5) is 4.13. The number of hydrogen-bond acceptors (Lipinski definition) is 5. The van der Waals surface area contributed by atoms with Crippen molar-refractivity contribution < 1.29 is 18.3 Å². The van der Waals surface area contributed by atoms with Crippen LogP contribution in [-0.4, -0.2) is 60.5 Å². The van der Waals surface area contributed by atoms with Crippen LogP contribution in [0.3, 0.4) is 0 Å². The molecule has 1 saturated heterocycles. The van der Waals surface area contributed by atoms with E-state index in [1.807, 2.05) is 19.1 Å². The van der Waals surface area contributed by atoms with Crippen LogP contribution in [0.2, 0.25) is 0 Å². The van der Waals surface area contributed by atoms with Crippen molar-refractivity contribution >= 4 is 10.0 Å². The zero-order chi connectivity index (χ0) is 14.6. The number of aryl methyl sites for hydroxylation is 1. The third kappa shape index (κ3) is 3.76. The first kappa shape index (κ1) is 15.4. The van der Waals surface area contributed by atoms with Gasteiger partial charge in [0.1, 0.15) is 0 Å². The van der Waals surface area contributed by atoms with Crippen molar-refractivity contribution in [1.82, 2.24) is 9.29 Å². The molecule has 0 aliphatic carbocycles. The van der Waals surface area contributed by atoms with E-state index in [1.54, 1.807) is 12.3 Å². The van der Waals surface area contributed by atoms with Gasteiger partial charge in [-0.3, -0.25) is 4.98 Å². The van der Waals surface area contributed by atoms with Crippen molar-refractivity contribution in [2.45, 2.75) is 25.5 Å².